The molecule has 0 heterocycles. The van der Waals surface area contributed by atoms with Crippen molar-refractivity contribution in [1.29, 1.82) is 0 Å². The molecular weight excluding hydrogens is 216 g/mol. The third kappa shape index (κ3) is 2.42. The number of nitrogens with two attached hydrogens (primary N) is 1. The molecule has 0 radical (unpaired) electrons. The zero-order valence-electron chi connectivity index (χ0n) is 9.99. The Morgan fingerprint density at radius 3 is 2.82 bits per heavy atom. The highest BCUT2D eigenvalue weighted by atomic mass is 16.3. The number of hydrogen-bond acceptors (Lipinski definition) is 3. The summed E-state index contributed by atoms with van der Waals surface area (Å²) in [6, 6.07) is 5.32. The van der Waals surface area contributed by atoms with Gasteiger partial charge in [-0.05, 0) is 37.5 Å². The van der Waals surface area contributed by atoms with Gasteiger partial charge in [0.2, 0.25) is 0 Å². The van der Waals surface area contributed by atoms with Crippen molar-refractivity contribution in [3.05, 3.63) is 29.3 Å². The van der Waals surface area contributed by atoms with Gasteiger partial charge in [-0.25, -0.2) is 0 Å². The maximum absolute atomic E-state index is 12.0. The van der Waals surface area contributed by atoms with E-state index in [-0.39, 0.29) is 17.9 Å². The number of anilines is 1. The standard InChI is InChI=1S/C13H18N2O2/c1-9-10(3-2-4-11(9)14)12(17)15-7-13(8-16)5-6-13/h2-4,16H,5-8,14H2,1H3,(H,15,17). The Morgan fingerprint density at radius 2 is 2.24 bits per heavy atom. The molecule has 1 aromatic carbocycles. The molecule has 1 saturated carbocycles. The number of nitrogens with one attached hydrogen (secondary N) is 1. The molecule has 0 aromatic heterocycles. The van der Waals surface area contributed by atoms with Crippen molar-refractivity contribution in [2.75, 3.05) is 18.9 Å². The average molecular weight is 234 g/mol. The number of aliphatic hydroxyl groups excluding tert-OH is 1. The molecule has 0 saturated heterocycles. The van der Waals surface area contributed by atoms with Crippen LogP contribution in [0.4, 0.5) is 5.69 Å². The number of nitrogen functional groups attached to an aromatic ring is 1. The Balaban J connectivity index is 2.02. The first kappa shape index (κ1) is 11.9. The molecule has 1 fully saturated rings. The van der Waals surface area contributed by atoms with Crippen LogP contribution < -0.4 is 11.1 Å². The van der Waals surface area contributed by atoms with Crippen molar-refractivity contribution in [2.45, 2.75) is 19.8 Å². The van der Waals surface area contributed by atoms with E-state index in [0.29, 0.717) is 17.8 Å². The van der Waals surface area contributed by atoms with E-state index in [1.165, 1.54) is 0 Å². The SMILES string of the molecule is Cc1c(N)cccc1C(=O)NCC1(CO)CC1. The summed E-state index contributed by atoms with van der Waals surface area (Å²) in [6.07, 6.45) is 1.97. The molecule has 4 heteroatoms. The van der Waals surface area contributed by atoms with Crippen LogP contribution in [0, 0.1) is 12.3 Å². The maximum atomic E-state index is 12.0. The lowest BCUT2D eigenvalue weighted by Gasteiger charge is -2.14. The van der Waals surface area contributed by atoms with Gasteiger partial charge < -0.3 is 16.2 Å². The van der Waals surface area contributed by atoms with Gasteiger partial charge >= 0.3 is 0 Å². The van der Waals surface area contributed by atoms with E-state index in [1.54, 1.807) is 18.2 Å². The lowest BCUT2D eigenvalue weighted by Crippen LogP contribution is -2.32. The monoisotopic (exact) mass is 234 g/mol. The first-order valence-electron chi connectivity index (χ1n) is 5.82. The van der Waals surface area contributed by atoms with Crippen LogP contribution in [0.1, 0.15) is 28.8 Å². The van der Waals surface area contributed by atoms with Crippen molar-refractivity contribution in [3.63, 3.8) is 0 Å². The minimum Gasteiger partial charge on any atom is -0.398 e. The quantitative estimate of drug-likeness (QED) is 0.682. The average Bonchev–Trinajstić information content (AvgIpc) is 3.10. The van der Waals surface area contributed by atoms with Gasteiger partial charge in [0.1, 0.15) is 0 Å². The second kappa shape index (κ2) is 4.37. The molecule has 92 valence electrons. The second-order valence-electron chi connectivity index (χ2n) is 4.86. The van der Waals surface area contributed by atoms with Crippen LogP contribution in [0.3, 0.4) is 0 Å². The summed E-state index contributed by atoms with van der Waals surface area (Å²) < 4.78 is 0. The van der Waals surface area contributed by atoms with Gasteiger partial charge in [0, 0.05) is 23.2 Å². The molecule has 1 aromatic rings. The number of aliphatic hydroxyl groups is 1. The molecule has 2 rings (SSSR count). The molecule has 4 N–H and O–H groups in total. The number of benzene rings is 1. The normalized spacial score (nSPS) is 16.6. The summed E-state index contributed by atoms with van der Waals surface area (Å²) in [5, 5.41) is 12.0. The molecule has 0 atom stereocenters. The van der Waals surface area contributed by atoms with Crippen LogP contribution >= 0.6 is 0 Å². The van der Waals surface area contributed by atoms with E-state index in [4.69, 9.17) is 10.8 Å². The van der Waals surface area contributed by atoms with E-state index >= 15 is 0 Å². The fourth-order valence-corrected chi connectivity index (χ4v) is 1.83. The Labute approximate surface area is 101 Å². The Kier molecular flexibility index (Phi) is 3.07. The van der Waals surface area contributed by atoms with Gasteiger partial charge in [-0.15, -0.1) is 0 Å². The maximum Gasteiger partial charge on any atom is 0.251 e. The highest BCUT2D eigenvalue weighted by Crippen LogP contribution is 2.44. The largest absolute Gasteiger partial charge is 0.398 e. The van der Waals surface area contributed by atoms with Gasteiger partial charge in [0.25, 0.3) is 5.91 Å². The predicted octanol–water partition coefficient (Wildman–Crippen LogP) is 1.08. The van der Waals surface area contributed by atoms with Crippen molar-refractivity contribution in [2.24, 2.45) is 5.41 Å². The summed E-state index contributed by atoms with van der Waals surface area (Å²) >= 11 is 0. The molecule has 0 aliphatic heterocycles. The molecule has 0 bridgehead atoms. The second-order valence-corrected chi connectivity index (χ2v) is 4.86. The Hall–Kier alpha value is -1.55. The topological polar surface area (TPSA) is 75.4 Å². The molecule has 0 spiro atoms. The highest BCUT2D eigenvalue weighted by molar-refractivity contribution is 5.96. The number of rotatable bonds is 4. The van der Waals surface area contributed by atoms with Crippen molar-refractivity contribution in [3.8, 4) is 0 Å². The van der Waals surface area contributed by atoms with Crippen LogP contribution in [-0.2, 0) is 0 Å². The zero-order valence-corrected chi connectivity index (χ0v) is 9.99. The fourth-order valence-electron chi connectivity index (χ4n) is 1.83. The van der Waals surface area contributed by atoms with Crippen LogP contribution in [0.15, 0.2) is 18.2 Å². The van der Waals surface area contributed by atoms with Crippen molar-refractivity contribution < 1.29 is 9.90 Å². The van der Waals surface area contributed by atoms with E-state index in [1.807, 2.05) is 6.92 Å². The van der Waals surface area contributed by atoms with Gasteiger partial charge in [0.15, 0.2) is 0 Å². The Bertz CT molecular complexity index is 439. The van der Waals surface area contributed by atoms with E-state index in [9.17, 15) is 4.79 Å². The van der Waals surface area contributed by atoms with E-state index in [0.717, 1.165) is 18.4 Å². The highest BCUT2D eigenvalue weighted by Gasteiger charge is 2.42. The smallest absolute Gasteiger partial charge is 0.251 e. The first-order chi connectivity index (χ1) is 8.08. The van der Waals surface area contributed by atoms with Gasteiger partial charge in [-0.1, -0.05) is 6.07 Å². The summed E-state index contributed by atoms with van der Waals surface area (Å²) in [6.45, 7) is 2.52. The van der Waals surface area contributed by atoms with E-state index in [2.05, 4.69) is 5.32 Å². The zero-order chi connectivity index (χ0) is 12.5. The summed E-state index contributed by atoms with van der Waals surface area (Å²) in [5.74, 6) is -0.116. The molecule has 1 aliphatic rings. The van der Waals surface area contributed by atoms with Crippen LogP contribution in [0.2, 0.25) is 0 Å². The third-order valence-corrected chi connectivity index (χ3v) is 3.54. The van der Waals surface area contributed by atoms with Crippen molar-refractivity contribution in [1.82, 2.24) is 5.32 Å². The van der Waals surface area contributed by atoms with Crippen LogP contribution in [0.5, 0.6) is 0 Å². The number of carbonyl (C=O) groups excluding carboxylic acids is 1. The predicted molar refractivity (Wildman–Crippen MR) is 66.7 cm³/mol. The third-order valence-electron chi connectivity index (χ3n) is 3.54. The molecule has 1 amide bonds. The van der Waals surface area contributed by atoms with Crippen LogP contribution in [0.25, 0.3) is 0 Å². The fraction of sp³-hybridized carbons (Fsp3) is 0.462. The number of hydrogen-bond donors (Lipinski definition) is 3. The van der Waals surface area contributed by atoms with Gasteiger partial charge in [-0.2, -0.15) is 0 Å². The molecule has 17 heavy (non-hydrogen) atoms. The summed E-state index contributed by atoms with van der Waals surface area (Å²) in [7, 11) is 0. The minimum atomic E-state index is -0.116. The molecule has 4 nitrogen and oxygen atoms in total. The first-order valence-corrected chi connectivity index (χ1v) is 5.82. The molecular formula is C13H18N2O2. The van der Waals surface area contributed by atoms with Gasteiger partial charge in [-0.3, -0.25) is 4.79 Å². The molecule has 0 unspecified atom stereocenters. The van der Waals surface area contributed by atoms with Crippen molar-refractivity contribution >= 4 is 11.6 Å². The number of carbonyl (C=O) groups is 1. The lowest BCUT2D eigenvalue weighted by atomic mass is 10.1. The van der Waals surface area contributed by atoms with Gasteiger partial charge in [0.05, 0.1) is 6.61 Å². The van der Waals surface area contributed by atoms with E-state index < -0.39 is 0 Å². The summed E-state index contributed by atoms with van der Waals surface area (Å²) in [4.78, 5) is 12.0. The number of amides is 1. The summed E-state index contributed by atoms with van der Waals surface area (Å²) in [5.41, 5.74) is 7.73. The Morgan fingerprint density at radius 1 is 1.53 bits per heavy atom. The van der Waals surface area contributed by atoms with Crippen LogP contribution in [-0.4, -0.2) is 24.2 Å². The minimum absolute atomic E-state index is 0.0656. The molecule has 1 aliphatic carbocycles. The lowest BCUT2D eigenvalue weighted by molar-refractivity contribution is 0.0934.